The van der Waals surface area contributed by atoms with Crippen LogP contribution >= 0.6 is 12.2 Å². The van der Waals surface area contributed by atoms with Crippen molar-refractivity contribution in [1.29, 1.82) is 0 Å². The molecule has 0 bridgehead atoms. The van der Waals surface area contributed by atoms with Gasteiger partial charge in [-0.2, -0.15) is 5.10 Å². The first kappa shape index (κ1) is 22.7. The monoisotopic (exact) mass is 495 g/mol. The Morgan fingerprint density at radius 3 is 2.49 bits per heavy atom. The van der Waals surface area contributed by atoms with Crippen molar-refractivity contribution in [1.82, 2.24) is 44.1 Å². The van der Waals surface area contributed by atoms with Crippen molar-refractivity contribution in [2.45, 2.75) is 25.1 Å². The minimum Gasteiger partial charge on any atom is -0.381 e. The average Bonchev–Trinajstić information content (AvgIpc) is 3.61. The Bertz CT molecular complexity index is 1500. The highest BCUT2D eigenvalue weighted by Gasteiger charge is 2.40. The maximum Gasteiger partial charge on any atom is 0.184 e. The lowest BCUT2D eigenvalue weighted by molar-refractivity contribution is -0.0336. The number of imidazole rings is 1. The fourth-order valence-corrected chi connectivity index (χ4v) is 4.39. The Balaban J connectivity index is 1.53. The SMILES string of the molecule is C[C@H](n1ccn(-c2ccc(-n3cnnn3)cc2)c1=S)[C@@](O)(Cn1cncn1)c1ccc(F)cc1F. The van der Waals surface area contributed by atoms with Gasteiger partial charge < -0.3 is 9.67 Å². The van der Waals surface area contributed by atoms with Gasteiger partial charge in [-0.15, -0.1) is 5.10 Å². The molecular formula is C22H19F2N9OS. The number of nitrogens with zero attached hydrogens (tertiary/aromatic N) is 9. The Kier molecular flexibility index (Phi) is 5.78. The third-order valence-electron chi connectivity index (χ3n) is 5.92. The molecule has 2 aromatic carbocycles. The minimum absolute atomic E-state index is 0.0812. The Labute approximate surface area is 202 Å². The minimum atomic E-state index is -1.83. The van der Waals surface area contributed by atoms with Gasteiger partial charge in [-0.3, -0.25) is 4.57 Å². The average molecular weight is 496 g/mol. The molecule has 35 heavy (non-hydrogen) atoms. The summed E-state index contributed by atoms with van der Waals surface area (Å²) in [5, 5.41) is 27.0. The van der Waals surface area contributed by atoms with Gasteiger partial charge in [0.2, 0.25) is 0 Å². The molecular weight excluding hydrogens is 476 g/mol. The third kappa shape index (κ3) is 4.15. The first-order chi connectivity index (χ1) is 16.9. The summed E-state index contributed by atoms with van der Waals surface area (Å²) >= 11 is 5.71. The molecule has 5 aromatic rings. The number of halogens is 2. The molecule has 178 valence electrons. The van der Waals surface area contributed by atoms with Gasteiger partial charge in [-0.05, 0) is 59.9 Å². The Morgan fingerprint density at radius 2 is 1.83 bits per heavy atom. The largest absolute Gasteiger partial charge is 0.381 e. The van der Waals surface area contributed by atoms with E-state index >= 15 is 0 Å². The topological polar surface area (TPSA) is 104 Å². The predicted molar refractivity (Wildman–Crippen MR) is 122 cm³/mol. The zero-order valence-electron chi connectivity index (χ0n) is 18.3. The molecule has 0 aliphatic heterocycles. The summed E-state index contributed by atoms with van der Waals surface area (Å²) in [5.41, 5.74) is -0.375. The van der Waals surface area contributed by atoms with Crippen molar-refractivity contribution < 1.29 is 13.9 Å². The quantitative estimate of drug-likeness (QED) is 0.346. The van der Waals surface area contributed by atoms with Crippen molar-refractivity contribution in [3.8, 4) is 11.4 Å². The van der Waals surface area contributed by atoms with Crippen LogP contribution in [0.25, 0.3) is 11.4 Å². The number of aliphatic hydroxyl groups is 1. The van der Waals surface area contributed by atoms with Crippen LogP contribution in [0.4, 0.5) is 8.78 Å². The Morgan fingerprint density at radius 1 is 1.06 bits per heavy atom. The summed E-state index contributed by atoms with van der Waals surface area (Å²) in [6.45, 7) is 1.57. The molecule has 0 radical (unpaired) electrons. The molecule has 0 unspecified atom stereocenters. The van der Waals surface area contributed by atoms with Gasteiger partial charge in [0, 0.05) is 29.7 Å². The van der Waals surface area contributed by atoms with Gasteiger partial charge in [0.25, 0.3) is 0 Å². The highest BCUT2D eigenvalue weighted by atomic mass is 32.1. The number of rotatable bonds is 7. The van der Waals surface area contributed by atoms with E-state index in [0.29, 0.717) is 4.77 Å². The summed E-state index contributed by atoms with van der Waals surface area (Å²) in [6, 6.07) is 9.69. The zero-order valence-corrected chi connectivity index (χ0v) is 19.2. The summed E-state index contributed by atoms with van der Waals surface area (Å²) in [6.07, 6.45) is 7.67. The highest BCUT2D eigenvalue weighted by Crippen LogP contribution is 2.37. The zero-order chi connectivity index (χ0) is 24.6. The molecule has 3 heterocycles. The molecule has 2 atom stereocenters. The maximum absolute atomic E-state index is 14.9. The van der Waals surface area contributed by atoms with Gasteiger partial charge in [0.15, 0.2) is 4.77 Å². The fraction of sp³-hybridized carbons (Fsp3) is 0.182. The molecule has 0 saturated carbocycles. The predicted octanol–water partition coefficient (Wildman–Crippen LogP) is 3.00. The van der Waals surface area contributed by atoms with Crippen molar-refractivity contribution in [2.24, 2.45) is 0 Å². The molecule has 0 spiro atoms. The lowest BCUT2D eigenvalue weighted by Crippen LogP contribution is -2.40. The fourth-order valence-electron chi connectivity index (χ4n) is 4.00. The molecule has 0 aliphatic carbocycles. The smallest absolute Gasteiger partial charge is 0.184 e. The van der Waals surface area contributed by atoms with Crippen LogP contribution in [-0.4, -0.2) is 49.2 Å². The standard InChI is InChI=1S/C22H19F2N9OS/c1-15(22(34,11-30-13-25-12-27-30)19-7-2-16(23)10-20(19)24)31-8-9-32(21(31)35)17-3-5-18(6-4-17)33-14-26-28-29-33/h2-10,12-15,34H,11H2,1H3/t15-,22-/m0/s1. The number of hydrogen-bond acceptors (Lipinski definition) is 7. The van der Waals surface area contributed by atoms with E-state index in [1.54, 1.807) is 28.5 Å². The van der Waals surface area contributed by atoms with E-state index in [2.05, 4.69) is 25.6 Å². The van der Waals surface area contributed by atoms with E-state index < -0.39 is 23.3 Å². The lowest BCUT2D eigenvalue weighted by Gasteiger charge is -2.35. The number of hydrogen-bond donors (Lipinski definition) is 1. The normalized spacial score (nSPS) is 14.1. The van der Waals surface area contributed by atoms with Crippen LogP contribution in [0.15, 0.2) is 73.8 Å². The van der Waals surface area contributed by atoms with Crippen molar-refractivity contribution in [2.75, 3.05) is 0 Å². The molecule has 5 rings (SSSR count). The van der Waals surface area contributed by atoms with Crippen LogP contribution in [0.5, 0.6) is 0 Å². The first-order valence-corrected chi connectivity index (χ1v) is 10.9. The van der Waals surface area contributed by atoms with Crippen molar-refractivity contribution in [3.63, 3.8) is 0 Å². The van der Waals surface area contributed by atoms with Gasteiger partial charge >= 0.3 is 0 Å². The summed E-state index contributed by atoms with van der Waals surface area (Å²) in [7, 11) is 0. The molecule has 0 amide bonds. The second kappa shape index (κ2) is 8.92. The molecule has 3 aromatic heterocycles. The van der Waals surface area contributed by atoms with Crippen LogP contribution < -0.4 is 0 Å². The third-order valence-corrected chi connectivity index (χ3v) is 6.33. The molecule has 13 heteroatoms. The molecule has 1 N–H and O–H groups in total. The van der Waals surface area contributed by atoms with E-state index in [-0.39, 0.29) is 12.1 Å². The van der Waals surface area contributed by atoms with E-state index in [9.17, 15) is 13.9 Å². The molecule has 0 fully saturated rings. The number of benzene rings is 2. The van der Waals surface area contributed by atoms with Crippen molar-refractivity contribution in [3.05, 3.63) is 95.8 Å². The first-order valence-electron chi connectivity index (χ1n) is 10.5. The van der Waals surface area contributed by atoms with Crippen molar-refractivity contribution >= 4 is 12.2 Å². The van der Waals surface area contributed by atoms with E-state index in [1.165, 1.54) is 34.4 Å². The molecule has 0 saturated heterocycles. The van der Waals surface area contributed by atoms with Crippen LogP contribution in [0, 0.1) is 16.4 Å². The van der Waals surface area contributed by atoms with Gasteiger partial charge in [0.05, 0.1) is 18.3 Å². The van der Waals surface area contributed by atoms with E-state index in [4.69, 9.17) is 12.2 Å². The number of aromatic nitrogens is 9. The van der Waals surface area contributed by atoms with Gasteiger partial charge in [-0.1, -0.05) is 6.07 Å². The highest BCUT2D eigenvalue weighted by molar-refractivity contribution is 7.71. The van der Waals surface area contributed by atoms with E-state index in [1.807, 2.05) is 24.3 Å². The van der Waals surface area contributed by atoms with Crippen LogP contribution in [0.1, 0.15) is 18.5 Å². The summed E-state index contributed by atoms with van der Waals surface area (Å²) < 4.78 is 35.2. The number of tetrazole rings is 1. The lowest BCUT2D eigenvalue weighted by atomic mass is 9.86. The van der Waals surface area contributed by atoms with Gasteiger partial charge in [-0.25, -0.2) is 23.1 Å². The maximum atomic E-state index is 14.9. The second-order valence-corrected chi connectivity index (χ2v) is 8.31. The molecule has 0 aliphatic rings. The molecule has 10 nitrogen and oxygen atoms in total. The van der Waals surface area contributed by atoms with E-state index in [0.717, 1.165) is 23.5 Å². The summed E-state index contributed by atoms with van der Waals surface area (Å²) in [5.74, 6) is -1.61. The second-order valence-electron chi connectivity index (χ2n) is 7.95. The van der Waals surface area contributed by atoms with Gasteiger partial charge in [0.1, 0.15) is 36.2 Å². The van der Waals surface area contributed by atoms with Crippen LogP contribution in [0.2, 0.25) is 0 Å². The van der Waals surface area contributed by atoms with Crippen LogP contribution in [-0.2, 0) is 12.1 Å². The Hall–Kier alpha value is -4.10. The summed E-state index contributed by atoms with van der Waals surface area (Å²) in [4.78, 5) is 3.90. The van der Waals surface area contributed by atoms with Crippen LogP contribution in [0.3, 0.4) is 0 Å².